The number of anilines is 1. The zero-order chi connectivity index (χ0) is 19.9. The summed E-state index contributed by atoms with van der Waals surface area (Å²) in [6.45, 7) is 3.93. The van der Waals surface area contributed by atoms with Crippen molar-refractivity contribution in [3.05, 3.63) is 52.2 Å². The molecule has 3 rings (SSSR count). The fourth-order valence-electron chi connectivity index (χ4n) is 3.16. The third-order valence-electron chi connectivity index (χ3n) is 4.88. The van der Waals surface area contributed by atoms with E-state index in [9.17, 15) is 14.4 Å². The quantitative estimate of drug-likeness (QED) is 0.782. The van der Waals surface area contributed by atoms with Crippen molar-refractivity contribution in [1.82, 2.24) is 10.2 Å². The van der Waals surface area contributed by atoms with Gasteiger partial charge in [-0.05, 0) is 42.3 Å². The van der Waals surface area contributed by atoms with Crippen molar-refractivity contribution >= 4 is 34.7 Å². The number of amides is 3. The largest absolute Gasteiger partial charge is 0.351 e. The summed E-state index contributed by atoms with van der Waals surface area (Å²) in [5, 5.41) is 7.38. The highest BCUT2D eigenvalue weighted by molar-refractivity contribution is 7.12. The van der Waals surface area contributed by atoms with Crippen molar-refractivity contribution in [3.8, 4) is 0 Å². The van der Waals surface area contributed by atoms with Crippen molar-refractivity contribution < 1.29 is 14.4 Å². The van der Waals surface area contributed by atoms with Crippen LogP contribution in [-0.4, -0.2) is 42.3 Å². The number of hydrogen-bond acceptors (Lipinski definition) is 4. The van der Waals surface area contributed by atoms with E-state index in [0.717, 1.165) is 25.9 Å². The van der Waals surface area contributed by atoms with Gasteiger partial charge in [0.05, 0.1) is 16.1 Å². The highest BCUT2D eigenvalue weighted by atomic mass is 32.1. The third-order valence-corrected chi connectivity index (χ3v) is 5.75. The summed E-state index contributed by atoms with van der Waals surface area (Å²) in [5.41, 5.74) is 1.02. The zero-order valence-corrected chi connectivity index (χ0v) is 16.8. The van der Waals surface area contributed by atoms with Crippen LogP contribution in [0.3, 0.4) is 0 Å². The Morgan fingerprint density at radius 2 is 1.86 bits per heavy atom. The van der Waals surface area contributed by atoms with Gasteiger partial charge in [0, 0.05) is 26.1 Å². The lowest BCUT2D eigenvalue weighted by molar-refractivity contribution is -0.116. The standard InChI is InChI=1S/C21H25N3O3S/c1-15-9-12-24(13-10-15)21(27)16-5-2-3-6-17(16)23-19(25)8-11-22-20(26)18-7-4-14-28-18/h2-7,14-15H,8-13H2,1H3,(H,22,26)(H,23,25). The minimum absolute atomic E-state index is 0.0474. The van der Waals surface area contributed by atoms with E-state index in [2.05, 4.69) is 17.6 Å². The molecule has 1 aromatic heterocycles. The van der Waals surface area contributed by atoms with Gasteiger partial charge in [-0.1, -0.05) is 25.1 Å². The number of rotatable bonds is 6. The van der Waals surface area contributed by atoms with Crippen LogP contribution < -0.4 is 10.6 Å². The molecular formula is C21H25N3O3S. The molecule has 6 nitrogen and oxygen atoms in total. The van der Waals surface area contributed by atoms with Crippen LogP contribution in [-0.2, 0) is 4.79 Å². The molecule has 148 valence electrons. The highest BCUT2D eigenvalue weighted by Gasteiger charge is 2.23. The van der Waals surface area contributed by atoms with Gasteiger partial charge in [0.1, 0.15) is 0 Å². The molecule has 1 aliphatic heterocycles. The number of nitrogens with zero attached hydrogens (tertiary/aromatic N) is 1. The molecule has 1 aliphatic rings. The van der Waals surface area contributed by atoms with E-state index < -0.39 is 0 Å². The van der Waals surface area contributed by atoms with Crippen LogP contribution in [0.15, 0.2) is 41.8 Å². The summed E-state index contributed by atoms with van der Waals surface area (Å²) in [7, 11) is 0. The molecule has 0 spiro atoms. The number of para-hydroxylation sites is 1. The lowest BCUT2D eigenvalue weighted by Gasteiger charge is -2.30. The Balaban J connectivity index is 1.54. The number of carbonyl (C=O) groups excluding carboxylic acids is 3. The van der Waals surface area contributed by atoms with Crippen LogP contribution >= 0.6 is 11.3 Å². The number of benzene rings is 1. The van der Waals surface area contributed by atoms with E-state index in [-0.39, 0.29) is 30.7 Å². The van der Waals surface area contributed by atoms with Gasteiger partial charge in [0.25, 0.3) is 11.8 Å². The van der Waals surface area contributed by atoms with Crippen LogP contribution in [0.5, 0.6) is 0 Å². The minimum atomic E-state index is -0.237. The molecule has 2 aromatic rings. The first kappa shape index (κ1) is 20.1. The summed E-state index contributed by atoms with van der Waals surface area (Å²) in [6.07, 6.45) is 2.15. The number of carbonyl (C=O) groups is 3. The molecule has 0 atom stereocenters. The first-order chi connectivity index (χ1) is 13.5. The molecular weight excluding hydrogens is 374 g/mol. The Morgan fingerprint density at radius 3 is 2.57 bits per heavy atom. The molecule has 3 amide bonds. The third kappa shape index (κ3) is 5.19. The molecule has 0 unspecified atom stereocenters. The lowest BCUT2D eigenvalue weighted by atomic mass is 9.98. The van der Waals surface area contributed by atoms with Crippen molar-refractivity contribution in [2.75, 3.05) is 25.0 Å². The van der Waals surface area contributed by atoms with Crippen LogP contribution in [0, 0.1) is 5.92 Å². The molecule has 0 aliphatic carbocycles. The Bertz CT molecular complexity index is 827. The summed E-state index contributed by atoms with van der Waals surface area (Å²) in [4.78, 5) is 39.5. The van der Waals surface area contributed by atoms with E-state index >= 15 is 0 Å². The highest BCUT2D eigenvalue weighted by Crippen LogP contribution is 2.22. The van der Waals surface area contributed by atoms with Crippen molar-refractivity contribution in [3.63, 3.8) is 0 Å². The van der Waals surface area contributed by atoms with E-state index in [0.29, 0.717) is 22.0 Å². The summed E-state index contributed by atoms with van der Waals surface area (Å²) in [5.74, 6) is 0.175. The predicted octanol–water partition coefficient (Wildman–Crippen LogP) is 3.38. The van der Waals surface area contributed by atoms with Gasteiger partial charge in [-0.25, -0.2) is 0 Å². The molecule has 2 N–H and O–H groups in total. The Labute approximate surface area is 168 Å². The summed E-state index contributed by atoms with van der Waals surface area (Å²) in [6, 6.07) is 10.6. The fourth-order valence-corrected chi connectivity index (χ4v) is 3.80. The van der Waals surface area contributed by atoms with Gasteiger partial charge in [-0.15, -0.1) is 11.3 Å². The maximum atomic E-state index is 12.9. The first-order valence-electron chi connectivity index (χ1n) is 9.54. The van der Waals surface area contributed by atoms with Gasteiger partial charge >= 0.3 is 0 Å². The maximum Gasteiger partial charge on any atom is 0.261 e. The Morgan fingerprint density at radius 1 is 1.11 bits per heavy atom. The average molecular weight is 400 g/mol. The molecule has 28 heavy (non-hydrogen) atoms. The molecule has 0 saturated carbocycles. The number of piperidine rings is 1. The normalized spacial score (nSPS) is 14.5. The Hall–Kier alpha value is -2.67. The second-order valence-corrected chi connectivity index (χ2v) is 8.00. The maximum absolute atomic E-state index is 12.9. The van der Waals surface area contributed by atoms with Crippen molar-refractivity contribution in [2.24, 2.45) is 5.92 Å². The predicted molar refractivity (Wildman–Crippen MR) is 111 cm³/mol. The SMILES string of the molecule is CC1CCN(C(=O)c2ccccc2NC(=O)CCNC(=O)c2cccs2)CC1. The second kappa shape index (κ2) is 9.50. The average Bonchev–Trinajstić information content (AvgIpc) is 3.23. The van der Waals surface area contributed by atoms with Crippen molar-refractivity contribution in [2.45, 2.75) is 26.2 Å². The van der Waals surface area contributed by atoms with Crippen LogP contribution in [0.1, 0.15) is 46.2 Å². The van der Waals surface area contributed by atoms with Crippen LogP contribution in [0.2, 0.25) is 0 Å². The molecule has 1 saturated heterocycles. The number of hydrogen-bond donors (Lipinski definition) is 2. The van der Waals surface area contributed by atoms with Gasteiger partial charge in [-0.3, -0.25) is 14.4 Å². The first-order valence-corrected chi connectivity index (χ1v) is 10.4. The van der Waals surface area contributed by atoms with E-state index in [4.69, 9.17) is 0 Å². The van der Waals surface area contributed by atoms with E-state index in [1.165, 1.54) is 11.3 Å². The van der Waals surface area contributed by atoms with Crippen molar-refractivity contribution in [1.29, 1.82) is 0 Å². The molecule has 1 aromatic carbocycles. The molecule has 0 radical (unpaired) electrons. The second-order valence-electron chi connectivity index (χ2n) is 7.05. The Kier molecular flexibility index (Phi) is 6.81. The van der Waals surface area contributed by atoms with Gasteiger partial charge in [0.2, 0.25) is 5.91 Å². The number of likely N-dealkylation sites (tertiary alicyclic amines) is 1. The minimum Gasteiger partial charge on any atom is -0.351 e. The zero-order valence-electron chi connectivity index (χ0n) is 15.9. The smallest absolute Gasteiger partial charge is 0.261 e. The number of nitrogens with one attached hydrogen (secondary N) is 2. The number of thiophene rings is 1. The summed E-state index contributed by atoms with van der Waals surface area (Å²) >= 11 is 1.36. The fraction of sp³-hybridized carbons (Fsp3) is 0.381. The summed E-state index contributed by atoms with van der Waals surface area (Å²) < 4.78 is 0. The van der Waals surface area contributed by atoms with E-state index in [1.807, 2.05) is 16.3 Å². The topological polar surface area (TPSA) is 78.5 Å². The molecule has 7 heteroatoms. The van der Waals surface area contributed by atoms with Gasteiger partial charge in [-0.2, -0.15) is 0 Å². The molecule has 0 bridgehead atoms. The molecule has 1 fully saturated rings. The lowest BCUT2D eigenvalue weighted by Crippen LogP contribution is -2.38. The van der Waals surface area contributed by atoms with Crippen LogP contribution in [0.25, 0.3) is 0 Å². The van der Waals surface area contributed by atoms with Crippen LogP contribution in [0.4, 0.5) is 5.69 Å². The molecule has 2 heterocycles. The van der Waals surface area contributed by atoms with Gasteiger partial charge < -0.3 is 15.5 Å². The monoisotopic (exact) mass is 399 g/mol. The van der Waals surface area contributed by atoms with Gasteiger partial charge in [0.15, 0.2) is 0 Å². The van der Waals surface area contributed by atoms with E-state index in [1.54, 1.807) is 30.3 Å².